The van der Waals surface area contributed by atoms with Gasteiger partial charge < -0.3 is 10.8 Å². The number of hydrogen-bond acceptors (Lipinski definition) is 2. The molecular formula is C12H21F2NO. The largest absolute Gasteiger partial charge is 0.393 e. The number of hydrogen-bond donors (Lipinski definition) is 2. The first-order chi connectivity index (χ1) is 7.41. The fraction of sp³-hybridized carbons (Fsp3) is 1.00. The second-order valence-corrected chi connectivity index (χ2v) is 5.59. The van der Waals surface area contributed by atoms with Crippen molar-refractivity contribution in [2.75, 3.05) is 0 Å². The van der Waals surface area contributed by atoms with E-state index < -0.39 is 5.92 Å². The Balaban J connectivity index is 1.93. The van der Waals surface area contributed by atoms with E-state index >= 15 is 0 Å². The lowest BCUT2D eigenvalue weighted by Gasteiger charge is -2.44. The van der Waals surface area contributed by atoms with Gasteiger partial charge in [-0.25, -0.2) is 8.78 Å². The van der Waals surface area contributed by atoms with Crippen LogP contribution in [0.4, 0.5) is 8.78 Å². The first kappa shape index (κ1) is 12.2. The Morgan fingerprint density at radius 3 is 1.94 bits per heavy atom. The number of halogens is 2. The van der Waals surface area contributed by atoms with Crippen molar-refractivity contribution in [3.8, 4) is 0 Å². The molecule has 0 bridgehead atoms. The smallest absolute Gasteiger partial charge is 0.248 e. The molecule has 0 aliphatic heterocycles. The van der Waals surface area contributed by atoms with E-state index in [4.69, 9.17) is 5.73 Å². The van der Waals surface area contributed by atoms with Crippen LogP contribution in [-0.4, -0.2) is 22.7 Å². The lowest BCUT2D eigenvalue weighted by atomic mass is 9.67. The molecular weight excluding hydrogens is 212 g/mol. The van der Waals surface area contributed by atoms with Crippen molar-refractivity contribution in [3.05, 3.63) is 0 Å². The van der Waals surface area contributed by atoms with Crippen LogP contribution in [0.2, 0.25) is 0 Å². The van der Waals surface area contributed by atoms with E-state index in [9.17, 15) is 13.9 Å². The van der Waals surface area contributed by atoms with Crippen LogP contribution in [0.15, 0.2) is 0 Å². The van der Waals surface area contributed by atoms with E-state index in [1.165, 1.54) is 0 Å². The van der Waals surface area contributed by atoms with Gasteiger partial charge in [0.25, 0.3) is 0 Å². The molecule has 2 saturated carbocycles. The molecule has 0 radical (unpaired) electrons. The van der Waals surface area contributed by atoms with Crippen LogP contribution in [-0.2, 0) is 0 Å². The van der Waals surface area contributed by atoms with Crippen LogP contribution in [0.3, 0.4) is 0 Å². The normalized spacial score (nSPS) is 40.9. The van der Waals surface area contributed by atoms with Crippen LogP contribution >= 0.6 is 0 Å². The summed E-state index contributed by atoms with van der Waals surface area (Å²) in [6, 6.07) is 0. The molecule has 16 heavy (non-hydrogen) atoms. The lowest BCUT2D eigenvalue weighted by Crippen LogP contribution is -2.52. The molecule has 2 aliphatic rings. The zero-order valence-electron chi connectivity index (χ0n) is 9.59. The van der Waals surface area contributed by atoms with Crippen molar-refractivity contribution in [1.82, 2.24) is 0 Å². The summed E-state index contributed by atoms with van der Waals surface area (Å²) in [5, 5.41) is 9.45. The molecule has 0 saturated heterocycles. The minimum atomic E-state index is -2.47. The fourth-order valence-corrected chi connectivity index (χ4v) is 3.16. The van der Waals surface area contributed by atoms with Gasteiger partial charge in [0.2, 0.25) is 5.92 Å². The molecule has 2 nitrogen and oxygen atoms in total. The van der Waals surface area contributed by atoms with E-state index in [-0.39, 0.29) is 30.4 Å². The highest BCUT2D eigenvalue weighted by atomic mass is 19.3. The summed E-state index contributed by atoms with van der Waals surface area (Å²) >= 11 is 0. The summed E-state index contributed by atoms with van der Waals surface area (Å²) in [6.45, 7) is 0. The summed E-state index contributed by atoms with van der Waals surface area (Å²) in [7, 11) is 0. The first-order valence-electron chi connectivity index (χ1n) is 6.26. The van der Waals surface area contributed by atoms with Gasteiger partial charge in [-0.3, -0.25) is 0 Å². The van der Waals surface area contributed by atoms with Crippen molar-refractivity contribution < 1.29 is 13.9 Å². The maximum atomic E-state index is 13.1. The van der Waals surface area contributed by atoms with Crippen LogP contribution in [0.5, 0.6) is 0 Å². The molecule has 94 valence electrons. The zero-order valence-corrected chi connectivity index (χ0v) is 9.59. The third-order valence-electron chi connectivity index (χ3n) is 4.42. The summed E-state index contributed by atoms with van der Waals surface area (Å²) in [5.74, 6) is -2.25. The van der Waals surface area contributed by atoms with Crippen molar-refractivity contribution in [2.24, 2.45) is 11.7 Å². The Morgan fingerprint density at radius 2 is 1.44 bits per heavy atom. The molecule has 2 rings (SSSR count). The van der Waals surface area contributed by atoms with Gasteiger partial charge in [0.1, 0.15) is 0 Å². The molecule has 2 aliphatic carbocycles. The number of alkyl halides is 2. The minimum Gasteiger partial charge on any atom is -0.393 e. The molecule has 0 aromatic heterocycles. The predicted molar refractivity (Wildman–Crippen MR) is 58.3 cm³/mol. The number of aliphatic hydroxyl groups is 1. The van der Waals surface area contributed by atoms with Crippen molar-refractivity contribution >= 4 is 0 Å². The van der Waals surface area contributed by atoms with Crippen molar-refractivity contribution in [3.63, 3.8) is 0 Å². The van der Waals surface area contributed by atoms with Gasteiger partial charge in [-0.2, -0.15) is 0 Å². The monoisotopic (exact) mass is 233 g/mol. The quantitative estimate of drug-likeness (QED) is 0.730. The highest BCUT2D eigenvalue weighted by Crippen LogP contribution is 2.44. The minimum absolute atomic E-state index is 0.0147. The van der Waals surface area contributed by atoms with E-state index in [1.54, 1.807) is 0 Å². The average molecular weight is 233 g/mol. The van der Waals surface area contributed by atoms with Crippen molar-refractivity contribution in [2.45, 2.75) is 68.9 Å². The Kier molecular flexibility index (Phi) is 3.23. The summed E-state index contributed by atoms with van der Waals surface area (Å²) in [5.41, 5.74) is 6.03. The highest BCUT2D eigenvalue weighted by molar-refractivity contribution is 4.97. The fourth-order valence-electron chi connectivity index (χ4n) is 3.16. The molecule has 0 unspecified atom stereocenters. The van der Waals surface area contributed by atoms with Gasteiger partial charge in [-0.15, -0.1) is 0 Å². The van der Waals surface area contributed by atoms with Crippen LogP contribution in [0.1, 0.15) is 51.4 Å². The number of nitrogens with two attached hydrogens (primary N) is 1. The topological polar surface area (TPSA) is 46.2 Å². The number of aliphatic hydroxyl groups excluding tert-OH is 1. The van der Waals surface area contributed by atoms with Gasteiger partial charge >= 0.3 is 0 Å². The van der Waals surface area contributed by atoms with Gasteiger partial charge in [0.05, 0.1) is 6.10 Å². The maximum absolute atomic E-state index is 13.1. The Hall–Kier alpha value is -0.220. The summed E-state index contributed by atoms with van der Waals surface area (Å²) < 4.78 is 26.1. The molecule has 2 fully saturated rings. The Bertz CT molecular complexity index is 239. The van der Waals surface area contributed by atoms with Gasteiger partial charge in [-0.1, -0.05) is 0 Å². The summed E-state index contributed by atoms with van der Waals surface area (Å²) in [6.07, 6.45) is 3.83. The molecule has 0 amide bonds. The molecule has 0 atom stereocenters. The maximum Gasteiger partial charge on any atom is 0.248 e. The molecule has 0 aromatic carbocycles. The van der Waals surface area contributed by atoms with E-state index in [1.807, 2.05) is 0 Å². The molecule has 0 heterocycles. The SMILES string of the molecule is NC1(C2CCC(F)(F)CC2)CCC(O)CC1. The average Bonchev–Trinajstić information content (AvgIpc) is 2.22. The third kappa shape index (κ3) is 2.54. The highest BCUT2D eigenvalue weighted by Gasteiger charge is 2.44. The summed E-state index contributed by atoms with van der Waals surface area (Å²) in [4.78, 5) is 0. The first-order valence-corrected chi connectivity index (χ1v) is 6.26. The second-order valence-electron chi connectivity index (χ2n) is 5.59. The van der Waals surface area contributed by atoms with E-state index in [0.29, 0.717) is 12.8 Å². The molecule has 4 heteroatoms. The van der Waals surface area contributed by atoms with Crippen molar-refractivity contribution in [1.29, 1.82) is 0 Å². The molecule has 3 N–H and O–H groups in total. The Morgan fingerprint density at radius 1 is 0.938 bits per heavy atom. The van der Waals surface area contributed by atoms with Crippen LogP contribution < -0.4 is 5.73 Å². The lowest BCUT2D eigenvalue weighted by molar-refractivity contribution is -0.0602. The molecule has 0 aromatic rings. The zero-order chi connectivity index (χ0) is 11.8. The van der Waals surface area contributed by atoms with Gasteiger partial charge in [0, 0.05) is 18.4 Å². The van der Waals surface area contributed by atoms with E-state index in [0.717, 1.165) is 25.7 Å². The second kappa shape index (κ2) is 4.22. The number of rotatable bonds is 1. The van der Waals surface area contributed by atoms with Crippen LogP contribution in [0, 0.1) is 5.92 Å². The Labute approximate surface area is 95.2 Å². The third-order valence-corrected chi connectivity index (χ3v) is 4.42. The molecule has 0 spiro atoms. The van der Waals surface area contributed by atoms with E-state index in [2.05, 4.69) is 0 Å². The standard InChI is InChI=1S/C12H21F2NO/c13-12(14)7-1-9(2-8-12)11(15)5-3-10(16)4-6-11/h9-10,16H,1-8,15H2. The van der Waals surface area contributed by atoms with Gasteiger partial charge in [0.15, 0.2) is 0 Å². The predicted octanol–water partition coefficient (Wildman–Crippen LogP) is 2.44. The van der Waals surface area contributed by atoms with Gasteiger partial charge in [-0.05, 0) is 44.4 Å². The van der Waals surface area contributed by atoms with Crippen LogP contribution in [0.25, 0.3) is 0 Å².